The quantitative estimate of drug-likeness (QED) is 0.444. The maximum absolute atomic E-state index is 10.4. The van der Waals surface area contributed by atoms with E-state index in [9.17, 15) is 4.79 Å². The fourth-order valence-corrected chi connectivity index (χ4v) is 0.818. The number of hydrogen-bond acceptors (Lipinski definition) is 4. The number of hydrogen-bond donors (Lipinski definition) is 2. The average molecular weight is 174 g/mol. The Kier molecular flexibility index (Phi) is 2.80. The van der Waals surface area contributed by atoms with Crippen LogP contribution in [0.2, 0.25) is 0 Å². The lowest BCUT2D eigenvalue weighted by Crippen LogP contribution is -2.29. The Balaban J connectivity index is 2.69. The van der Waals surface area contributed by atoms with Gasteiger partial charge in [0, 0.05) is 0 Å². The molecule has 0 aromatic heterocycles. The molecule has 0 spiro atoms. The smallest absolute Gasteiger partial charge is 0.340 e. The SMILES string of the molecule is CC(O)C1=CC(C(=O)O)OOC1. The van der Waals surface area contributed by atoms with Gasteiger partial charge in [0.25, 0.3) is 0 Å². The molecule has 5 nitrogen and oxygen atoms in total. The highest BCUT2D eigenvalue weighted by Crippen LogP contribution is 2.12. The Morgan fingerprint density at radius 1 is 1.83 bits per heavy atom. The Morgan fingerprint density at radius 3 is 3.00 bits per heavy atom. The van der Waals surface area contributed by atoms with Gasteiger partial charge in [0.15, 0.2) is 0 Å². The summed E-state index contributed by atoms with van der Waals surface area (Å²) in [5.74, 6) is -1.13. The summed E-state index contributed by atoms with van der Waals surface area (Å²) in [6, 6.07) is 0. The lowest BCUT2D eigenvalue weighted by molar-refractivity contribution is -0.312. The van der Waals surface area contributed by atoms with Crippen LogP contribution in [0.4, 0.5) is 0 Å². The molecular formula is C7H10O5. The molecule has 2 atom stereocenters. The third kappa shape index (κ3) is 2.04. The lowest BCUT2D eigenvalue weighted by Gasteiger charge is -2.19. The first-order valence-electron chi connectivity index (χ1n) is 3.51. The van der Waals surface area contributed by atoms with E-state index >= 15 is 0 Å². The molecule has 2 N–H and O–H groups in total. The van der Waals surface area contributed by atoms with Crippen molar-refractivity contribution in [1.82, 2.24) is 0 Å². The van der Waals surface area contributed by atoms with Crippen LogP contribution in [0.25, 0.3) is 0 Å². The van der Waals surface area contributed by atoms with Crippen molar-refractivity contribution in [3.05, 3.63) is 11.6 Å². The van der Waals surface area contributed by atoms with Crippen LogP contribution in [0.1, 0.15) is 6.92 Å². The first-order valence-corrected chi connectivity index (χ1v) is 3.51. The van der Waals surface area contributed by atoms with Gasteiger partial charge in [-0.25, -0.2) is 14.6 Å². The van der Waals surface area contributed by atoms with Crippen molar-refractivity contribution in [2.45, 2.75) is 19.1 Å². The van der Waals surface area contributed by atoms with Gasteiger partial charge in [-0.3, -0.25) is 0 Å². The van der Waals surface area contributed by atoms with Crippen LogP contribution in [0.15, 0.2) is 11.6 Å². The molecule has 68 valence electrons. The highest BCUT2D eigenvalue weighted by Gasteiger charge is 2.23. The number of aliphatic carboxylic acids is 1. The van der Waals surface area contributed by atoms with E-state index in [1.54, 1.807) is 6.92 Å². The van der Waals surface area contributed by atoms with Gasteiger partial charge in [0.1, 0.15) is 6.61 Å². The number of carboxylic acid groups (broad SMARTS) is 1. The zero-order valence-electron chi connectivity index (χ0n) is 6.56. The van der Waals surface area contributed by atoms with Crippen molar-refractivity contribution in [2.24, 2.45) is 0 Å². The maximum Gasteiger partial charge on any atom is 0.340 e. The zero-order chi connectivity index (χ0) is 9.14. The van der Waals surface area contributed by atoms with Gasteiger partial charge in [0.05, 0.1) is 6.10 Å². The van der Waals surface area contributed by atoms with Crippen LogP contribution in [-0.4, -0.2) is 35.0 Å². The fourth-order valence-electron chi connectivity index (χ4n) is 0.818. The van der Waals surface area contributed by atoms with Gasteiger partial charge >= 0.3 is 5.97 Å². The normalized spacial score (nSPS) is 26.2. The van der Waals surface area contributed by atoms with E-state index in [-0.39, 0.29) is 6.61 Å². The predicted molar refractivity (Wildman–Crippen MR) is 38.2 cm³/mol. The summed E-state index contributed by atoms with van der Waals surface area (Å²) in [6.07, 6.45) is -0.463. The summed E-state index contributed by atoms with van der Waals surface area (Å²) in [5.41, 5.74) is 0.522. The Morgan fingerprint density at radius 2 is 2.50 bits per heavy atom. The molecular weight excluding hydrogens is 164 g/mol. The molecule has 0 radical (unpaired) electrons. The number of carboxylic acids is 1. The van der Waals surface area contributed by atoms with Gasteiger partial charge in [-0.1, -0.05) is 0 Å². The molecule has 1 aliphatic heterocycles. The van der Waals surface area contributed by atoms with Crippen LogP contribution < -0.4 is 0 Å². The van der Waals surface area contributed by atoms with Gasteiger partial charge in [-0.2, -0.15) is 0 Å². The topological polar surface area (TPSA) is 76.0 Å². The first kappa shape index (κ1) is 9.18. The van der Waals surface area contributed by atoms with Crippen molar-refractivity contribution in [3.63, 3.8) is 0 Å². The monoisotopic (exact) mass is 174 g/mol. The molecule has 1 heterocycles. The molecule has 0 amide bonds. The molecule has 5 heteroatoms. The van der Waals surface area contributed by atoms with E-state index < -0.39 is 18.2 Å². The summed E-state index contributed by atoms with van der Waals surface area (Å²) in [4.78, 5) is 19.3. The van der Waals surface area contributed by atoms with Crippen molar-refractivity contribution in [3.8, 4) is 0 Å². The van der Waals surface area contributed by atoms with E-state index in [1.165, 1.54) is 6.08 Å². The van der Waals surface area contributed by atoms with Crippen LogP contribution in [0.3, 0.4) is 0 Å². The zero-order valence-corrected chi connectivity index (χ0v) is 6.56. The highest BCUT2D eigenvalue weighted by molar-refractivity contribution is 5.74. The third-order valence-electron chi connectivity index (χ3n) is 1.54. The van der Waals surface area contributed by atoms with Gasteiger partial charge in [0.2, 0.25) is 6.10 Å². The van der Waals surface area contributed by atoms with Crippen LogP contribution in [0, 0.1) is 0 Å². The Hall–Kier alpha value is -0.910. The largest absolute Gasteiger partial charge is 0.479 e. The molecule has 12 heavy (non-hydrogen) atoms. The molecule has 1 aliphatic rings. The second-order valence-corrected chi connectivity index (χ2v) is 2.53. The molecule has 0 aliphatic carbocycles. The number of aliphatic hydroxyl groups excluding tert-OH is 1. The van der Waals surface area contributed by atoms with E-state index in [4.69, 9.17) is 10.2 Å². The molecule has 0 bridgehead atoms. The second-order valence-electron chi connectivity index (χ2n) is 2.53. The summed E-state index contributed by atoms with van der Waals surface area (Å²) in [7, 11) is 0. The molecule has 1 rings (SSSR count). The van der Waals surface area contributed by atoms with E-state index in [2.05, 4.69) is 9.78 Å². The van der Waals surface area contributed by atoms with E-state index in [0.717, 1.165) is 0 Å². The van der Waals surface area contributed by atoms with Crippen molar-refractivity contribution < 1.29 is 24.8 Å². The molecule has 0 fully saturated rings. The van der Waals surface area contributed by atoms with Crippen molar-refractivity contribution >= 4 is 5.97 Å². The summed E-state index contributed by atoms with van der Waals surface area (Å²) >= 11 is 0. The minimum Gasteiger partial charge on any atom is -0.479 e. The van der Waals surface area contributed by atoms with E-state index in [0.29, 0.717) is 5.57 Å². The minimum absolute atomic E-state index is 0.113. The van der Waals surface area contributed by atoms with Crippen LogP contribution >= 0.6 is 0 Å². The van der Waals surface area contributed by atoms with E-state index in [1.807, 2.05) is 0 Å². The third-order valence-corrected chi connectivity index (χ3v) is 1.54. The molecule has 0 saturated carbocycles. The molecule has 0 aromatic rings. The lowest BCUT2D eigenvalue weighted by atomic mass is 10.1. The fraction of sp³-hybridized carbons (Fsp3) is 0.571. The maximum atomic E-state index is 10.4. The van der Waals surface area contributed by atoms with Gasteiger partial charge in [-0.05, 0) is 18.6 Å². The predicted octanol–water partition coefficient (Wildman–Crippen LogP) is -0.291. The van der Waals surface area contributed by atoms with Crippen LogP contribution in [0.5, 0.6) is 0 Å². The summed E-state index contributed by atoms with van der Waals surface area (Å²) < 4.78 is 0. The minimum atomic E-state index is -1.13. The van der Waals surface area contributed by atoms with Gasteiger partial charge in [-0.15, -0.1) is 0 Å². The summed E-state index contributed by atoms with van der Waals surface area (Å²) in [6.45, 7) is 1.65. The highest BCUT2D eigenvalue weighted by atomic mass is 17.2. The molecule has 0 saturated heterocycles. The Labute approximate surface area is 69.1 Å². The average Bonchev–Trinajstić information content (AvgIpc) is 2.04. The van der Waals surface area contributed by atoms with Crippen LogP contribution in [-0.2, 0) is 14.6 Å². The molecule has 0 aromatic carbocycles. The Bertz CT molecular complexity index is 208. The number of rotatable bonds is 2. The van der Waals surface area contributed by atoms with Crippen molar-refractivity contribution in [2.75, 3.05) is 6.61 Å². The molecule has 2 unspecified atom stereocenters. The van der Waals surface area contributed by atoms with Gasteiger partial charge < -0.3 is 10.2 Å². The van der Waals surface area contributed by atoms with Crippen molar-refractivity contribution in [1.29, 1.82) is 0 Å². The second kappa shape index (κ2) is 3.66. The number of carbonyl (C=O) groups is 1. The standard InChI is InChI=1S/C7H10O5/c1-4(8)5-2-6(7(9)10)12-11-3-5/h2,4,6,8H,3H2,1H3,(H,9,10). The number of aliphatic hydroxyl groups is 1. The first-order chi connectivity index (χ1) is 5.61. The summed E-state index contributed by atoms with van der Waals surface area (Å²) in [5, 5.41) is 17.6.